The number of methoxy groups -OCH3 is 1. The molecule has 1 aromatic rings. The van der Waals surface area contributed by atoms with E-state index in [2.05, 4.69) is 54.7 Å². The summed E-state index contributed by atoms with van der Waals surface area (Å²) in [5.74, 6) is 0.541. The molecular weight excluding hydrogens is 254 g/mol. The third-order valence-corrected chi connectivity index (χ3v) is 4.00. The first kappa shape index (κ1) is 14.7. The first-order chi connectivity index (χ1) is 9.45. The number of hydrogen-bond donors (Lipinski definition) is 0. The molecule has 0 spiro atoms. The second-order valence-electron chi connectivity index (χ2n) is 5.93. The summed E-state index contributed by atoms with van der Waals surface area (Å²) in [4.78, 5) is 13.4. The van der Waals surface area contributed by atoms with Crippen LogP contribution in [0.1, 0.15) is 38.7 Å². The Kier molecular flexibility index (Phi) is 4.21. The molecule has 0 saturated carbocycles. The van der Waals surface area contributed by atoms with Gasteiger partial charge in [0.05, 0.1) is 13.7 Å². The Balaban J connectivity index is 2.17. The Morgan fingerprint density at radius 1 is 1.40 bits per heavy atom. The molecule has 0 fully saturated rings. The lowest BCUT2D eigenvalue weighted by atomic mass is 9.80. The maximum Gasteiger partial charge on any atom is 0.508 e. The number of ether oxygens (including phenoxy) is 2. The zero-order valence-electron chi connectivity index (χ0n) is 12.7. The molecule has 2 rings (SSSR count). The Morgan fingerprint density at radius 2 is 2.10 bits per heavy atom. The van der Waals surface area contributed by atoms with Crippen LogP contribution >= 0.6 is 0 Å². The summed E-state index contributed by atoms with van der Waals surface area (Å²) < 4.78 is 9.52. The number of nitrogens with zero attached hydrogens (tertiary/aromatic N) is 1. The summed E-state index contributed by atoms with van der Waals surface area (Å²) in [6.45, 7) is 7.74. The largest absolute Gasteiger partial charge is 0.508 e. The topological polar surface area (TPSA) is 38.8 Å². The van der Waals surface area contributed by atoms with Gasteiger partial charge in [0, 0.05) is 11.2 Å². The van der Waals surface area contributed by atoms with E-state index in [1.807, 2.05) is 0 Å². The van der Waals surface area contributed by atoms with Crippen molar-refractivity contribution >= 4 is 11.8 Å². The van der Waals surface area contributed by atoms with Crippen molar-refractivity contribution in [2.75, 3.05) is 25.2 Å². The molecule has 110 valence electrons. The fraction of sp³-hybridized carbons (Fsp3) is 0.562. The zero-order valence-corrected chi connectivity index (χ0v) is 12.7. The first-order valence-electron chi connectivity index (χ1n) is 7.03. The number of para-hydroxylation sites is 1. The lowest BCUT2D eigenvalue weighted by Gasteiger charge is -2.47. The van der Waals surface area contributed by atoms with Gasteiger partial charge in [0.2, 0.25) is 0 Å². The van der Waals surface area contributed by atoms with Crippen molar-refractivity contribution in [1.29, 1.82) is 0 Å². The molecule has 1 atom stereocenters. The van der Waals surface area contributed by atoms with Crippen molar-refractivity contribution in [3.8, 4) is 0 Å². The van der Waals surface area contributed by atoms with Gasteiger partial charge in [-0.25, -0.2) is 4.79 Å². The van der Waals surface area contributed by atoms with Gasteiger partial charge in [0.1, 0.15) is 6.61 Å². The molecule has 1 aromatic carbocycles. The van der Waals surface area contributed by atoms with Crippen LogP contribution in [0.25, 0.3) is 0 Å². The highest BCUT2D eigenvalue weighted by molar-refractivity contribution is 5.61. The van der Waals surface area contributed by atoms with E-state index in [4.69, 9.17) is 4.74 Å². The molecule has 1 aliphatic rings. The highest BCUT2D eigenvalue weighted by Crippen LogP contribution is 2.42. The molecular formula is C16H23NO3. The number of benzene rings is 1. The van der Waals surface area contributed by atoms with Gasteiger partial charge in [-0.3, -0.25) is 0 Å². The molecule has 4 heteroatoms. The van der Waals surface area contributed by atoms with E-state index in [1.165, 1.54) is 18.4 Å². The van der Waals surface area contributed by atoms with Crippen molar-refractivity contribution in [3.63, 3.8) is 0 Å². The third-order valence-electron chi connectivity index (χ3n) is 4.00. The predicted octanol–water partition coefficient (Wildman–Crippen LogP) is 3.56. The van der Waals surface area contributed by atoms with Crippen LogP contribution in [0, 0.1) is 0 Å². The van der Waals surface area contributed by atoms with Crippen LogP contribution in [0.15, 0.2) is 24.3 Å². The van der Waals surface area contributed by atoms with Crippen molar-refractivity contribution in [1.82, 2.24) is 0 Å². The normalized spacial score (nSPS) is 20.2. The molecule has 1 heterocycles. The Bertz CT molecular complexity index is 484. The van der Waals surface area contributed by atoms with Crippen molar-refractivity contribution < 1.29 is 14.3 Å². The van der Waals surface area contributed by atoms with E-state index < -0.39 is 6.16 Å². The molecule has 1 unspecified atom stereocenters. The summed E-state index contributed by atoms with van der Waals surface area (Å²) in [5.41, 5.74) is 2.65. The quantitative estimate of drug-likeness (QED) is 0.792. The van der Waals surface area contributed by atoms with E-state index in [1.54, 1.807) is 0 Å². The Hall–Kier alpha value is -1.71. The molecule has 0 amide bonds. The summed E-state index contributed by atoms with van der Waals surface area (Å²) in [6, 6.07) is 8.46. The molecule has 4 nitrogen and oxygen atoms in total. The third kappa shape index (κ3) is 2.89. The lowest BCUT2D eigenvalue weighted by Crippen LogP contribution is -2.49. The maximum absolute atomic E-state index is 11.0. The number of hydrogen-bond acceptors (Lipinski definition) is 4. The van der Waals surface area contributed by atoms with E-state index in [-0.39, 0.29) is 5.54 Å². The Morgan fingerprint density at radius 3 is 2.80 bits per heavy atom. The average molecular weight is 277 g/mol. The predicted molar refractivity (Wildman–Crippen MR) is 79.3 cm³/mol. The molecule has 0 bridgehead atoms. The van der Waals surface area contributed by atoms with E-state index in [9.17, 15) is 4.79 Å². The summed E-state index contributed by atoms with van der Waals surface area (Å²) in [7, 11) is 1.32. The molecule has 0 N–H and O–H groups in total. The highest BCUT2D eigenvalue weighted by Gasteiger charge is 2.35. The van der Waals surface area contributed by atoms with E-state index in [0.717, 1.165) is 6.42 Å². The van der Waals surface area contributed by atoms with Gasteiger partial charge in [-0.15, -0.1) is 0 Å². The zero-order chi connectivity index (χ0) is 14.8. The second kappa shape index (κ2) is 5.73. The van der Waals surface area contributed by atoms with Gasteiger partial charge in [-0.05, 0) is 37.8 Å². The van der Waals surface area contributed by atoms with Crippen LogP contribution in [0.3, 0.4) is 0 Å². The van der Waals surface area contributed by atoms with E-state index >= 15 is 0 Å². The number of fused-ring (bicyclic) bond motifs is 1. The summed E-state index contributed by atoms with van der Waals surface area (Å²) in [5, 5.41) is 0. The van der Waals surface area contributed by atoms with Gasteiger partial charge in [0.15, 0.2) is 0 Å². The van der Waals surface area contributed by atoms with Crippen LogP contribution in [0.5, 0.6) is 0 Å². The molecule has 0 radical (unpaired) electrons. The molecule has 1 aliphatic heterocycles. The van der Waals surface area contributed by atoms with Crippen LogP contribution in [0.2, 0.25) is 0 Å². The van der Waals surface area contributed by atoms with Gasteiger partial charge in [-0.2, -0.15) is 0 Å². The minimum atomic E-state index is -0.624. The number of anilines is 1. The fourth-order valence-electron chi connectivity index (χ4n) is 3.15. The molecule has 20 heavy (non-hydrogen) atoms. The maximum atomic E-state index is 11.0. The van der Waals surface area contributed by atoms with Gasteiger partial charge in [0.25, 0.3) is 0 Å². The van der Waals surface area contributed by atoms with Gasteiger partial charge in [-0.1, -0.05) is 25.1 Å². The van der Waals surface area contributed by atoms with Crippen molar-refractivity contribution in [2.24, 2.45) is 0 Å². The van der Waals surface area contributed by atoms with Crippen LogP contribution in [0.4, 0.5) is 10.5 Å². The summed E-state index contributed by atoms with van der Waals surface area (Å²) in [6.07, 6.45) is 0.462. The van der Waals surface area contributed by atoms with Crippen molar-refractivity contribution in [3.05, 3.63) is 29.8 Å². The Labute approximate surface area is 120 Å². The number of carbonyl (C=O) groups excluding carboxylic acids is 1. The number of carbonyl (C=O) groups is 1. The minimum Gasteiger partial charge on any atom is -0.438 e. The minimum absolute atomic E-state index is 0.0489. The van der Waals surface area contributed by atoms with Crippen LogP contribution in [-0.4, -0.2) is 32.0 Å². The molecule has 0 saturated heterocycles. The summed E-state index contributed by atoms with van der Waals surface area (Å²) >= 11 is 0. The van der Waals surface area contributed by atoms with Crippen LogP contribution < -0.4 is 4.90 Å². The van der Waals surface area contributed by atoms with Crippen LogP contribution in [-0.2, 0) is 9.47 Å². The SMILES string of the molecule is COC(=O)OCCN1c2ccccc2C(C)CC1(C)C. The second-order valence-corrected chi connectivity index (χ2v) is 5.93. The lowest BCUT2D eigenvalue weighted by molar-refractivity contribution is 0.0735. The number of rotatable bonds is 3. The average Bonchev–Trinajstić information content (AvgIpc) is 2.41. The van der Waals surface area contributed by atoms with Gasteiger partial charge >= 0.3 is 6.16 Å². The molecule has 0 aromatic heterocycles. The van der Waals surface area contributed by atoms with Crippen molar-refractivity contribution in [2.45, 2.75) is 38.6 Å². The fourth-order valence-corrected chi connectivity index (χ4v) is 3.15. The van der Waals surface area contributed by atoms with Gasteiger partial charge < -0.3 is 14.4 Å². The first-order valence-corrected chi connectivity index (χ1v) is 7.03. The highest BCUT2D eigenvalue weighted by atomic mass is 16.7. The molecule has 0 aliphatic carbocycles. The van der Waals surface area contributed by atoms with E-state index in [0.29, 0.717) is 19.1 Å². The monoisotopic (exact) mass is 277 g/mol. The smallest absolute Gasteiger partial charge is 0.438 e. The standard InChI is InChI=1S/C16H23NO3/c1-12-11-16(2,3)17(9-10-20-15(18)19-4)14-8-6-5-7-13(12)14/h5-8,12H,9-11H2,1-4H3.